The number of Topliss-reactive ketones (excluding diaryl/α,β-unsaturated/α-hetero) is 3. The topological polar surface area (TPSA) is 51.2 Å². The van der Waals surface area contributed by atoms with Gasteiger partial charge >= 0.3 is 0 Å². The third kappa shape index (κ3) is 1.71. The predicted octanol–water partition coefficient (Wildman–Crippen LogP) is 3.35. The van der Waals surface area contributed by atoms with Gasteiger partial charge in [-0.15, -0.1) is 0 Å². The van der Waals surface area contributed by atoms with Gasteiger partial charge in [-0.2, -0.15) is 0 Å². The number of rotatable bonds is 0. The van der Waals surface area contributed by atoms with Crippen LogP contribution in [0.5, 0.6) is 0 Å². The van der Waals surface area contributed by atoms with Gasteiger partial charge < -0.3 is 0 Å². The van der Waals surface area contributed by atoms with Gasteiger partial charge in [0.15, 0.2) is 0 Å². The molecule has 0 aromatic rings. The molecule has 6 atom stereocenters. The van der Waals surface area contributed by atoms with Gasteiger partial charge in [-0.25, -0.2) is 0 Å². The highest BCUT2D eigenvalue weighted by Crippen LogP contribution is 2.64. The highest BCUT2D eigenvalue weighted by atomic mass is 16.1. The van der Waals surface area contributed by atoms with E-state index in [1.165, 1.54) is 0 Å². The normalized spacial score (nSPS) is 51.3. The third-order valence-electron chi connectivity index (χ3n) is 8.00. The van der Waals surface area contributed by atoms with Gasteiger partial charge in [-0.05, 0) is 48.9 Å². The summed E-state index contributed by atoms with van der Waals surface area (Å²) in [5.41, 5.74) is -0.107. The SMILES string of the molecule is C[C@]12CCC(=O)C[C@@H]1CC(=O)[C@@H]1[C@H]2CC[C@]2(C)C(=O)CC[C@H]12. The first-order valence-electron chi connectivity index (χ1n) is 8.94. The van der Waals surface area contributed by atoms with E-state index in [9.17, 15) is 14.4 Å². The molecule has 4 aliphatic carbocycles. The van der Waals surface area contributed by atoms with Gasteiger partial charge in [0.1, 0.15) is 17.3 Å². The van der Waals surface area contributed by atoms with Crippen LogP contribution in [0.1, 0.15) is 65.2 Å². The Morgan fingerprint density at radius 1 is 0.909 bits per heavy atom. The Kier molecular flexibility index (Phi) is 3.00. The maximum atomic E-state index is 12.9. The van der Waals surface area contributed by atoms with Crippen molar-refractivity contribution >= 4 is 17.3 Å². The Bertz CT molecular complexity index is 565. The zero-order chi connectivity index (χ0) is 15.7. The second-order valence-electron chi connectivity index (χ2n) is 8.77. The van der Waals surface area contributed by atoms with Crippen LogP contribution in [0, 0.1) is 34.5 Å². The molecule has 4 saturated carbocycles. The van der Waals surface area contributed by atoms with Crippen molar-refractivity contribution in [3.05, 3.63) is 0 Å². The number of hydrogen-bond acceptors (Lipinski definition) is 3. The summed E-state index contributed by atoms with van der Waals surface area (Å²) in [5.74, 6) is 2.08. The summed E-state index contributed by atoms with van der Waals surface area (Å²) < 4.78 is 0. The molecule has 0 unspecified atom stereocenters. The average molecular weight is 302 g/mol. The smallest absolute Gasteiger partial charge is 0.139 e. The van der Waals surface area contributed by atoms with Crippen molar-refractivity contribution in [2.75, 3.05) is 0 Å². The van der Waals surface area contributed by atoms with E-state index in [4.69, 9.17) is 0 Å². The van der Waals surface area contributed by atoms with Crippen LogP contribution in [0.4, 0.5) is 0 Å². The number of carbonyl (C=O) groups is 3. The maximum Gasteiger partial charge on any atom is 0.139 e. The molecule has 3 nitrogen and oxygen atoms in total. The van der Waals surface area contributed by atoms with Gasteiger partial charge in [0.05, 0.1) is 0 Å². The minimum absolute atomic E-state index is 0.0830. The first-order valence-corrected chi connectivity index (χ1v) is 8.94. The van der Waals surface area contributed by atoms with Crippen LogP contribution in [-0.2, 0) is 14.4 Å². The summed E-state index contributed by atoms with van der Waals surface area (Å²) in [6.07, 6.45) is 6.32. The lowest BCUT2D eigenvalue weighted by Gasteiger charge is -2.58. The maximum absolute atomic E-state index is 12.9. The van der Waals surface area contributed by atoms with Crippen molar-refractivity contribution in [2.24, 2.45) is 34.5 Å². The molecule has 0 amide bonds. The van der Waals surface area contributed by atoms with E-state index >= 15 is 0 Å². The van der Waals surface area contributed by atoms with E-state index in [1.807, 2.05) is 0 Å². The van der Waals surface area contributed by atoms with Gasteiger partial charge in [0.25, 0.3) is 0 Å². The van der Waals surface area contributed by atoms with Crippen molar-refractivity contribution in [2.45, 2.75) is 65.2 Å². The molecule has 0 bridgehead atoms. The van der Waals surface area contributed by atoms with Crippen LogP contribution in [0.25, 0.3) is 0 Å². The quantitative estimate of drug-likeness (QED) is 0.689. The van der Waals surface area contributed by atoms with Crippen molar-refractivity contribution < 1.29 is 14.4 Å². The van der Waals surface area contributed by atoms with Gasteiger partial charge in [0, 0.05) is 37.0 Å². The van der Waals surface area contributed by atoms with Gasteiger partial charge in [-0.1, -0.05) is 13.8 Å². The number of carbonyl (C=O) groups excluding carboxylic acids is 3. The fourth-order valence-corrected chi connectivity index (χ4v) is 6.50. The van der Waals surface area contributed by atoms with Crippen molar-refractivity contribution in [1.29, 1.82) is 0 Å². The van der Waals surface area contributed by atoms with Gasteiger partial charge in [0.2, 0.25) is 0 Å². The summed E-state index contributed by atoms with van der Waals surface area (Å²) in [6.45, 7) is 4.43. The Hall–Kier alpha value is -0.990. The van der Waals surface area contributed by atoms with Crippen LogP contribution in [0.3, 0.4) is 0 Å². The molecule has 0 radical (unpaired) electrons. The summed E-state index contributed by atoms with van der Waals surface area (Å²) in [7, 11) is 0. The van der Waals surface area contributed by atoms with E-state index in [0.29, 0.717) is 49.0 Å². The molecule has 0 aromatic carbocycles. The van der Waals surface area contributed by atoms with E-state index in [-0.39, 0.29) is 28.6 Å². The molecule has 0 aromatic heterocycles. The summed E-state index contributed by atoms with van der Waals surface area (Å²) in [4.78, 5) is 37.1. The minimum Gasteiger partial charge on any atom is -0.300 e. The fourth-order valence-electron chi connectivity index (χ4n) is 6.50. The molecular formula is C19H26O3. The second kappa shape index (κ2) is 4.52. The zero-order valence-electron chi connectivity index (χ0n) is 13.7. The highest BCUT2D eigenvalue weighted by Gasteiger charge is 2.62. The molecular weight excluding hydrogens is 276 g/mol. The fraction of sp³-hybridized carbons (Fsp3) is 0.842. The lowest BCUT2D eigenvalue weighted by molar-refractivity contribution is -0.158. The molecule has 0 spiro atoms. The van der Waals surface area contributed by atoms with Crippen molar-refractivity contribution in [1.82, 2.24) is 0 Å². The summed E-state index contributed by atoms with van der Waals surface area (Å²) in [6, 6.07) is 0. The van der Waals surface area contributed by atoms with E-state index in [0.717, 1.165) is 25.7 Å². The molecule has 4 fully saturated rings. The average Bonchev–Trinajstić information content (AvgIpc) is 2.77. The first-order chi connectivity index (χ1) is 10.4. The van der Waals surface area contributed by atoms with Gasteiger partial charge in [-0.3, -0.25) is 14.4 Å². The molecule has 0 aliphatic heterocycles. The van der Waals surface area contributed by atoms with Crippen molar-refractivity contribution in [3.63, 3.8) is 0 Å². The van der Waals surface area contributed by atoms with E-state index < -0.39 is 0 Å². The monoisotopic (exact) mass is 302 g/mol. The number of hydrogen-bond donors (Lipinski definition) is 0. The number of fused-ring (bicyclic) bond motifs is 5. The Labute approximate surface area is 132 Å². The predicted molar refractivity (Wildman–Crippen MR) is 82.1 cm³/mol. The molecule has 0 heterocycles. The van der Waals surface area contributed by atoms with E-state index in [2.05, 4.69) is 13.8 Å². The first kappa shape index (κ1) is 14.6. The Morgan fingerprint density at radius 2 is 1.68 bits per heavy atom. The molecule has 22 heavy (non-hydrogen) atoms. The molecule has 120 valence electrons. The third-order valence-corrected chi connectivity index (χ3v) is 8.00. The minimum atomic E-state index is -0.246. The Balaban J connectivity index is 1.72. The zero-order valence-corrected chi connectivity index (χ0v) is 13.7. The van der Waals surface area contributed by atoms with Crippen molar-refractivity contribution in [3.8, 4) is 0 Å². The largest absolute Gasteiger partial charge is 0.300 e. The lowest BCUT2D eigenvalue weighted by Crippen LogP contribution is -2.57. The van der Waals surface area contributed by atoms with Crippen LogP contribution in [0.2, 0.25) is 0 Å². The van der Waals surface area contributed by atoms with Crippen LogP contribution >= 0.6 is 0 Å². The highest BCUT2D eigenvalue weighted by molar-refractivity contribution is 5.91. The Morgan fingerprint density at radius 3 is 2.45 bits per heavy atom. The second-order valence-corrected chi connectivity index (χ2v) is 8.77. The molecule has 4 rings (SSSR count). The lowest BCUT2D eigenvalue weighted by atomic mass is 9.45. The molecule has 4 aliphatic rings. The standard InChI is InChI=1S/C19H26O3/c1-18-7-5-12(20)9-11(18)10-15(21)17-13-3-4-16(22)19(13,2)8-6-14(17)18/h11,13-14,17H,3-10H2,1-2H3/t11-,13-,14-,17+,18+,19+/m1/s1. The van der Waals surface area contributed by atoms with Crippen LogP contribution < -0.4 is 0 Å². The summed E-state index contributed by atoms with van der Waals surface area (Å²) >= 11 is 0. The number of ketones is 3. The molecule has 3 heteroatoms. The van der Waals surface area contributed by atoms with Crippen LogP contribution in [0.15, 0.2) is 0 Å². The van der Waals surface area contributed by atoms with Crippen LogP contribution in [-0.4, -0.2) is 17.3 Å². The summed E-state index contributed by atoms with van der Waals surface area (Å²) in [5, 5.41) is 0. The van der Waals surface area contributed by atoms with E-state index in [1.54, 1.807) is 0 Å². The molecule has 0 saturated heterocycles. The molecule has 0 N–H and O–H groups in total.